The summed E-state index contributed by atoms with van der Waals surface area (Å²) < 4.78 is 1.95. The molecule has 3 rings (SSSR count). The average Bonchev–Trinajstić information content (AvgIpc) is 3.16. The summed E-state index contributed by atoms with van der Waals surface area (Å²) in [5, 5.41) is 16.2. The van der Waals surface area contributed by atoms with Crippen LogP contribution < -0.4 is 10.6 Å². The number of para-hydroxylation sites is 1. The highest BCUT2D eigenvalue weighted by Crippen LogP contribution is 2.21. The van der Waals surface area contributed by atoms with Gasteiger partial charge in [0.1, 0.15) is 12.4 Å². The molecule has 0 spiro atoms. The number of aryl methyl sites for hydroxylation is 2. The van der Waals surface area contributed by atoms with Crippen molar-refractivity contribution in [1.82, 2.24) is 30.4 Å². The van der Waals surface area contributed by atoms with Crippen LogP contribution in [0.5, 0.6) is 0 Å². The molecule has 0 atom stereocenters. The number of benzene rings is 1. The molecule has 0 radical (unpaired) electrons. The van der Waals surface area contributed by atoms with Crippen molar-refractivity contribution in [2.75, 3.05) is 13.1 Å². The number of hydrogen-bond donors (Lipinski definition) is 3. The lowest BCUT2D eigenvalue weighted by Gasteiger charge is -2.11. The van der Waals surface area contributed by atoms with E-state index >= 15 is 0 Å². The van der Waals surface area contributed by atoms with Gasteiger partial charge in [0.2, 0.25) is 0 Å². The summed E-state index contributed by atoms with van der Waals surface area (Å²) in [5.41, 5.74) is 3.73. The lowest BCUT2D eigenvalue weighted by atomic mass is 10.1. The van der Waals surface area contributed by atoms with E-state index in [1.165, 1.54) is 22.2 Å². The standard InChI is InChI=1S/C20H27N7/c1-5-11-21-20(23-13-19-26-25-15(3)27(19)4)22-12-10-16-14(2)24-18-9-7-6-8-17(16)18/h5-9,24H,1,10-13H2,2-4H3,(H2,21,22,23). The minimum Gasteiger partial charge on any atom is -0.358 e. The van der Waals surface area contributed by atoms with E-state index in [0.29, 0.717) is 13.1 Å². The number of hydrogen-bond acceptors (Lipinski definition) is 3. The van der Waals surface area contributed by atoms with Gasteiger partial charge in [-0.2, -0.15) is 0 Å². The minimum atomic E-state index is 0.468. The van der Waals surface area contributed by atoms with Gasteiger partial charge in [0.25, 0.3) is 0 Å². The molecule has 0 fully saturated rings. The van der Waals surface area contributed by atoms with E-state index in [1.54, 1.807) is 0 Å². The molecule has 0 saturated carbocycles. The molecule has 3 aromatic rings. The van der Waals surface area contributed by atoms with Gasteiger partial charge in [-0.25, -0.2) is 4.99 Å². The second-order valence-electron chi connectivity index (χ2n) is 6.51. The number of fused-ring (bicyclic) bond motifs is 1. The van der Waals surface area contributed by atoms with Crippen LogP contribution in [0.1, 0.15) is 22.9 Å². The summed E-state index contributed by atoms with van der Waals surface area (Å²) >= 11 is 0. The molecule has 0 saturated heterocycles. The normalized spacial score (nSPS) is 11.7. The van der Waals surface area contributed by atoms with Gasteiger partial charge in [-0.1, -0.05) is 24.3 Å². The minimum absolute atomic E-state index is 0.468. The zero-order valence-corrected chi connectivity index (χ0v) is 16.2. The number of nitrogens with one attached hydrogen (secondary N) is 3. The van der Waals surface area contributed by atoms with Crippen molar-refractivity contribution in [1.29, 1.82) is 0 Å². The van der Waals surface area contributed by atoms with Crippen LogP contribution in [-0.2, 0) is 20.0 Å². The Kier molecular flexibility index (Phi) is 5.90. The maximum atomic E-state index is 4.62. The molecule has 2 heterocycles. The zero-order valence-electron chi connectivity index (χ0n) is 16.2. The van der Waals surface area contributed by atoms with Crippen LogP contribution in [0.3, 0.4) is 0 Å². The Labute approximate surface area is 159 Å². The Morgan fingerprint density at radius 1 is 1.26 bits per heavy atom. The number of aromatic nitrogens is 4. The molecular weight excluding hydrogens is 338 g/mol. The van der Waals surface area contributed by atoms with Crippen molar-refractivity contribution in [2.45, 2.75) is 26.8 Å². The quantitative estimate of drug-likeness (QED) is 0.341. The molecule has 0 bridgehead atoms. The number of aromatic amines is 1. The highest BCUT2D eigenvalue weighted by molar-refractivity contribution is 5.84. The second kappa shape index (κ2) is 8.53. The summed E-state index contributed by atoms with van der Waals surface area (Å²) in [5.74, 6) is 2.45. The van der Waals surface area contributed by atoms with Crippen molar-refractivity contribution < 1.29 is 0 Å². The summed E-state index contributed by atoms with van der Waals surface area (Å²) in [6, 6.07) is 8.41. The second-order valence-corrected chi connectivity index (χ2v) is 6.51. The average molecular weight is 365 g/mol. The molecule has 0 aliphatic heterocycles. The fourth-order valence-corrected chi connectivity index (χ4v) is 3.04. The molecule has 0 unspecified atom stereocenters. The third-order valence-electron chi connectivity index (χ3n) is 4.67. The highest BCUT2D eigenvalue weighted by atomic mass is 15.3. The summed E-state index contributed by atoms with van der Waals surface area (Å²) in [4.78, 5) is 8.07. The summed E-state index contributed by atoms with van der Waals surface area (Å²) in [6.45, 7) is 9.71. The zero-order chi connectivity index (χ0) is 19.2. The lowest BCUT2D eigenvalue weighted by molar-refractivity contribution is 0.757. The molecule has 0 amide bonds. The Bertz CT molecular complexity index is 949. The number of rotatable bonds is 7. The van der Waals surface area contributed by atoms with Gasteiger partial charge < -0.3 is 20.2 Å². The summed E-state index contributed by atoms with van der Waals surface area (Å²) in [7, 11) is 1.95. The maximum Gasteiger partial charge on any atom is 0.191 e. The highest BCUT2D eigenvalue weighted by Gasteiger charge is 2.08. The lowest BCUT2D eigenvalue weighted by Crippen LogP contribution is -2.38. The van der Waals surface area contributed by atoms with Crippen LogP contribution in [0.2, 0.25) is 0 Å². The van der Waals surface area contributed by atoms with E-state index in [4.69, 9.17) is 0 Å². The van der Waals surface area contributed by atoms with Gasteiger partial charge in [0.15, 0.2) is 11.8 Å². The van der Waals surface area contributed by atoms with Gasteiger partial charge in [-0.15, -0.1) is 16.8 Å². The third kappa shape index (κ3) is 4.36. The number of nitrogens with zero attached hydrogens (tertiary/aromatic N) is 4. The Balaban J connectivity index is 1.65. The summed E-state index contributed by atoms with van der Waals surface area (Å²) in [6.07, 6.45) is 2.72. The van der Waals surface area contributed by atoms with Crippen LogP contribution in [0, 0.1) is 13.8 Å². The largest absolute Gasteiger partial charge is 0.358 e. The van der Waals surface area contributed by atoms with E-state index < -0.39 is 0 Å². The van der Waals surface area contributed by atoms with E-state index in [-0.39, 0.29) is 0 Å². The number of aliphatic imine (C=N–C) groups is 1. The van der Waals surface area contributed by atoms with Crippen molar-refractivity contribution in [2.24, 2.45) is 12.0 Å². The van der Waals surface area contributed by atoms with Gasteiger partial charge in [-0.05, 0) is 31.9 Å². The Hall–Kier alpha value is -3.09. The van der Waals surface area contributed by atoms with Crippen molar-refractivity contribution in [3.8, 4) is 0 Å². The molecule has 7 nitrogen and oxygen atoms in total. The molecule has 7 heteroatoms. The van der Waals surface area contributed by atoms with Gasteiger partial charge >= 0.3 is 0 Å². The van der Waals surface area contributed by atoms with E-state index in [9.17, 15) is 0 Å². The predicted octanol–water partition coefficient (Wildman–Crippen LogP) is 2.38. The monoisotopic (exact) mass is 365 g/mol. The van der Waals surface area contributed by atoms with E-state index in [0.717, 1.165) is 30.6 Å². The van der Waals surface area contributed by atoms with Gasteiger partial charge in [0, 0.05) is 36.7 Å². The molecular formula is C20H27N7. The smallest absolute Gasteiger partial charge is 0.191 e. The first-order valence-electron chi connectivity index (χ1n) is 9.14. The van der Waals surface area contributed by atoms with Crippen molar-refractivity contribution >= 4 is 16.9 Å². The molecule has 27 heavy (non-hydrogen) atoms. The first-order chi connectivity index (χ1) is 13.1. The van der Waals surface area contributed by atoms with Crippen LogP contribution in [0.4, 0.5) is 0 Å². The molecule has 0 aliphatic carbocycles. The van der Waals surface area contributed by atoms with Crippen LogP contribution in [0.25, 0.3) is 10.9 Å². The fourth-order valence-electron chi connectivity index (χ4n) is 3.04. The van der Waals surface area contributed by atoms with E-state index in [2.05, 4.69) is 68.6 Å². The van der Waals surface area contributed by atoms with Crippen molar-refractivity contribution in [3.05, 3.63) is 59.8 Å². The van der Waals surface area contributed by atoms with Crippen LogP contribution in [0.15, 0.2) is 41.9 Å². The topological polar surface area (TPSA) is 82.9 Å². The fraction of sp³-hybridized carbons (Fsp3) is 0.350. The molecule has 3 N–H and O–H groups in total. The number of guanidine groups is 1. The molecule has 142 valence electrons. The molecule has 1 aromatic carbocycles. The van der Waals surface area contributed by atoms with E-state index in [1.807, 2.05) is 24.6 Å². The van der Waals surface area contributed by atoms with Crippen LogP contribution in [-0.4, -0.2) is 38.8 Å². The maximum absolute atomic E-state index is 4.62. The molecule has 0 aliphatic rings. The van der Waals surface area contributed by atoms with Crippen molar-refractivity contribution in [3.63, 3.8) is 0 Å². The van der Waals surface area contributed by atoms with Gasteiger partial charge in [0.05, 0.1) is 0 Å². The molecule has 2 aromatic heterocycles. The Morgan fingerprint density at radius 2 is 2.07 bits per heavy atom. The first kappa shape index (κ1) is 18.7. The first-order valence-corrected chi connectivity index (χ1v) is 9.14. The SMILES string of the molecule is C=CCNC(=NCc1nnc(C)n1C)NCCc1c(C)[nH]c2ccccc12. The van der Waals surface area contributed by atoms with Crippen LogP contribution >= 0.6 is 0 Å². The Morgan fingerprint density at radius 3 is 2.81 bits per heavy atom. The number of H-pyrrole nitrogens is 1. The van der Waals surface area contributed by atoms with Gasteiger partial charge in [-0.3, -0.25) is 0 Å². The predicted molar refractivity (Wildman–Crippen MR) is 110 cm³/mol. The third-order valence-corrected chi connectivity index (χ3v) is 4.67.